The van der Waals surface area contributed by atoms with E-state index in [4.69, 9.17) is 9.47 Å². The van der Waals surface area contributed by atoms with Crippen molar-refractivity contribution in [1.82, 2.24) is 5.32 Å². The first-order chi connectivity index (χ1) is 8.22. The quantitative estimate of drug-likeness (QED) is 0.661. The van der Waals surface area contributed by atoms with Crippen LogP contribution in [-0.4, -0.2) is 39.4 Å². The third-order valence-corrected chi connectivity index (χ3v) is 3.74. The topological polar surface area (TPSA) is 47.6 Å². The van der Waals surface area contributed by atoms with Crippen LogP contribution in [0.2, 0.25) is 0 Å². The molecule has 0 bridgehead atoms. The van der Waals surface area contributed by atoms with Crippen molar-refractivity contribution < 1.29 is 14.3 Å². The van der Waals surface area contributed by atoms with Crippen LogP contribution < -0.4 is 5.32 Å². The lowest BCUT2D eigenvalue weighted by Gasteiger charge is -2.27. The van der Waals surface area contributed by atoms with Gasteiger partial charge in [-0.2, -0.15) is 0 Å². The molecule has 1 N–H and O–H groups in total. The van der Waals surface area contributed by atoms with Gasteiger partial charge in [0.1, 0.15) is 6.61 Å². The molecule has 100 valence electrons. The van der Waals surface area contributed by atoms with Gasteiger partial charge in [0.05, 0.1) is 13.2 Å². The molecule has 1 saturated carbocycles. The molecule has 0 unspecified atom stereocenters. The zero-order valence-electron chi connectivity index (χ0n) is 11.1. The third kappa shape index (κ3) is 5.04. The summed E-state index contributed by atoms with van der Waals surface area (Å²) in [7, 11) is 1.62. The van der Waals surface area contributed by atoms with Crippen LogP contribution in [0, 0.1) is 5.41 Å². The predicted octanol–water partition coefficient (Wildman–Crippen LogP) is 1.74. The minimum absolute atomic E-state index is 0.0131. The molecule has 1 rings (SSSR count). The Hall–Kier alpha value is -0.610. The smallest absolute Gasteiger partial charge is 0.246 e. The highest BCUT2D eigenvalue weighted by molar-refractivity contribution is 5.77. The Balaban J connectivity index is 2.14. The molecule has 1 aliphatic rings. The number of rotatable bonds is 8. The van der Waals surface area contributed by atoms with Crippen molar-refractivity contribution in [2.75, 3.05) is 33.5 Å². The minimum atomic E-state index is -0.0131. The summed E-state index contributed by atoms with van der Waals surface area (Å²) in [5, 5.41) is 2.99. The summed E-state index contributed by atoms with van der Waals surface area (Å²) in [6, 6.07) is 0. The van der Waals surface area contributed by atoms with Gasteiger partial charge in [-0.15, -0.1) is 0 Å². The number of ether oxygens (including phenoxy) is 2. The number of carbonyl (C=O) groups excluding carboxylic acids is 1. The first-order valence-electron chi connectivity index (χ1n) is 6.56. The normalized spacial score (nSPS) is 18.2. The van der Waals surface area contributed by atoms with Gasteiger partial charge >= 0.3 is 0 Å². The van der Waals surface area contributed by atoms with Crippen LogP contribution in [-0.2, 0) is 14.3 Å². The van der Waals surface area contributed by atoms with Gasteiger partial charge in [0.15, 0.2) is 0 Å². The van der Waals surface area contributed by atoms with Crippen LogP contribution in [0.15, 0.2) is 0 Å². The molecular weight excluding hydrogens is 218 g/mol. The second-order valence-corrected chi connectivity index (χ2v) is 4.88. The molecule has 0 atom stereocenters. The number of methoxy groups -OCH3 is 1. The molecule has 1 fully saturated rings. The zero-order valence-corrected chi connectivity index (χ0v) is 11.1. The summed E-state index contributed by atoms with van der Waals surface area (Å²) in [4.78, 5) is 11.5. The Kier molecular flexibility index (Phi) is 6.52. The molecule has 0 aromatic carbocycles. The van der Waals surface area contributed by atoms with E-state index in [-0.39, 0.29) is 12.5 Å². The Morgan fingerprint density at radius 1 is 1.29 bits per heavy atom. The largest absolute Gasteiger partial charge is 0.382 e. The molecule has 1 amide bonds. The van der Waals surface area contributed by atoms with Crippen LogP contribution in [0.4, 0.5) is 0 Å². The Labute approximate surface area is 104 Å². The number of hydrogen-bond acceptors (Lipinski definition) is 3. The van der Waals surface area contributed by atoms with Crippen molar-refractivity contribution in [1.29, 1.82) is 0 Å². The third-order valence-electron chi connectivity index (χ3n) is 3.74. The average molecular weight is 243 g/mol. The summed E-state index contributed by atoms with van der Waals surface area (Å²) in [6.07, 6.45) is 6.24. The van der Waals surface area contributed by atoms with Gasteiger partial charge in [0.2, 0.25) is 5.91 Å². The highest BCUT2D eigenvalue weighted by Gasteiger charge is 2.31. The fourth-order valence-electron chi connectivity index (χ4n) is 2.42. The van der Waals surface area contributed by atoms with Crippen molar-refractivity contribution in [2.45, 2.75) is 39.0 Å². The Morgan fingerprint density at radius 2 is 2.00 bits per heavy atom. The first kappa shape index (κ1) is 14.5. The van der Waals surface area contributed by atoms with Crippen molar-refractivity contribution in [2.24, 2.45) is 5.41 Å². The highest BCUT2D eigenvalue weighted by atomic mass is 16.5. The lowest BCUT2D eigenvalue weighted by atomic mass is 9.83. The first-order valence-corrected chi connectivity index (χ1v) is 6.56. The standard InChI is InChI=1S/C13H25NO3/c1-3-13(6-4-5-7-13)11-14-12(15)10-17-9-8-16-2/h3-11H2,1-2H3,(H,14,15). The van der Waals surface area contributed by atoms with E-state index in [1.54, 1.807) is 7.11 Å². The number of amides is 1. The van der Waals surface area contributed by atoms with E-state index in [0.29, 0.717) is 18.6 Å². The second-order valence-electron chi connectivity index (χ2n) is 4.88. The monoisotopic (exact) mass is 243 g/mol. The fourth-order valence-corrected chi connectivity index (χ4v) is 2.42. The number of carbonyl (C=O) groups is 1. The fraction of sp³-hybridized carbons (Fsp3) is 0.923. The number of hydrogen-bond donors (Lipinski definition) is 1. The summed E-state index contributed by atoms with van der Waals surface area (Å²) in [6.45, 7) is 4.17. The Bertz CT molecular complexity index is 225. The lowest BCUT2D eigenvalue weighted by molar-refractivity contribution is -0.126. The zero-order chi connectivity index (χ0) is 12.6. The molecular formula is C13H25NO3. The van der Waals surface area contributed by atoms with Gasteiger partial charge in [-0.25, -0.2) is 0 Å². The van der Waals surface area contributed by atoms with E-state index in [2.05, 4.69) is 12.2 Å². The van der Waals surface area contributed by atoms with E-state index in [1.165, 1.54) is 25.7 Å². The van der Waals surface area contributed by atoms with E-state index in [1.807, 2.05) is 0 Å². The molecule has 0 heterocycles. The van der Waals surface area contributed by atoms with Crippen LogP contribution >= 0.6 is 0 Å². The van der Waals surface area contributed by atoms with E-state index < -0.39 is 0 Å². The summed E-state index contributed by atoms with van der Waals surface area (Å²) in [5.41, 5.74) is 0.349. The van der Waals surface area contributed by atoms with E-state index in [0.717, 1.165) is 13.0 Å². The summed E-state index contributed by atoms with van der Waals surface area (Å²) >= 11 is 0. The maximum Gasteiger partial charge on any atom is 0.246 e. The molecule has 4 nitrogen and oxygen atoms in total. The van der Waals surface area contributed by atoms with E-state index in [9.17, 15) is 4.79 Å². The molecule has 0 aromatic heterocycles. The predicted molar refractivity (Wildman–Crippen MR) is 66.9 cm³/mol. The van der Waals surface area contributed by atoms with Gasteiger partial charge < -0.3 is 14.8 Å². The molecule has 0 saturated heterocycles. The second kappa shape index (κ2) is 7.67. The van der Waals surface area contributed by atoms with E-state index >= 15 is 0 Å². The highest BCUT2D eigenvalue weighted by Crippen LogP contribution is 2.40. The van der Waals surface area contributed by atoms with Crippen molar-refractivity contribution >= 4 is 5.91 Å². The Morgan fingerprint density at radius 3 is 2.59 bits per heavy atom. The lowest BCUT2D eigenvalue weighted by Crippen LogP contribution is -2.37. The molecule has 0 spiro atoms. The van der Waals surface area contributed by atoms with Crippen LogP contribution in [0.5, 0.6) is 0 Å². The van der Waals surface area contributed by atoms with Crippen molar-refractivity contribution in [3.05, 3.63) is 0 Å². The molecule has 0 aliphatic heterocycles. The van der Waals surface area contributed by atoms with Gasteiger partial charge in [-0.05, 0) is 24.7 Å². The molecule has 0 aromatic rings. The van der Waals surface area contributed by atoms with Crippen molar-refractivity contribution in [3.63, 3.8) is 0 Å². The minimum Gasteiger partial charge on any atom is -0.382 e. The average Bonchev–Trinajstić information content (AvgIpc) is 2.82. The summed E-state index contributed by atoms with van der Waals surface area (Å²) < 4.78 is 10.0. The molecule has 4 heteroatoms. The van der Waals surface area contributed by atoms with Gasteiger partial charge in [-0.1, -0.05) is 19.8 Å². The van der Waals surface area contributed by atoms with Crippen LogP contribution in [0.3, 0.4) is 0 Å². The molecule has 0 radical (unpaired) electrons. The van der Waals surface area contributed by atoms with Crippen molar-refractivity contribution in [3.8, 4) is 0 Å². The van der Waals surface area contributed by atoms with Gasteiger partial charge in [0, 0.05) is 13.7 Å². The van der Waals surface area contributed by atoms with Crippen LogP contribution in [0.1, 0.15) is 39.0 Å². The molecule has 1 aliphatic carbocycles. The number of nitrogens with one attached hydrogen (secondary N) is 1. The maximum atomic E-state index is 11.5. The maximum absolute atomic E-state index is 11.5. The van der Waals surface area contributed by atoms with Gasteiger partial charge in [0.25, 0.3) is 0 Å². The summed E-state index contributed by atoms with van der Waals surface area (Å²) in [5.74, 6) is -0.0131. The SMILES string of the molecule is CCC1(CNC(=O)COCCOC)CCCC1. The van der Waals surface area contributed by atoms with Crippen LogP contribution in [0.25, 0.3) is 0 Å². The molecule has 17 heavy (non-hydrogen) atoms. The van der Waals surface area contributed by atoms with Gasteiger partial charge in [-0.3, -0.25) is 4.79 Å².